The van der Waals surface area contributed by atoms with Crippen molar-refractivity contribution in [2.24, 2.45) is 0 Å². The Morgan fingerprint density at radius 1 is 1.55 bits per heavy atom. The summed E-state index contributed by atoms with van der Waals surface area (Å²) in [7, 11) is 1.41. The Labute approximate surface area is 131 Å². The van der Waals surface area contributed by atoms with Gasteiger partial charge in [-0.2, -0.15) is 5.26 Å². The first-order valence-corrected chi connectivity index (χ1v) is 7.61. The minimum Gasteiger partial charge on any atom is -0.469 e. The van der Waals surface area contributed by atoms with Crippen LogP contribution in [0.1, 0.15) is 30.4 Å². The van der Waals surface area contributed by atoms with E-state index in [1.165, 1.54) is 7.11 Å². The van der Waals surface area contributed by atoms with Gasteiger partial charge in [-0.3, -0.25) is 9.69 Å². The first-order valence-electron chi connectivity index (χ1n) is 7.61. The molecule has 0 bridgehead atoms. The van der Waals surface area contributed by atoms with Crippen LogP contribution in [0.2, 0.25) is 0 Å². The van der Waals surface area contributed by atoms with Crippen molar-refractivity contribution in [1.29, 1.82) is 5.26 Å². The van der Waals surface area contributed by atoms with Gasteiger partial charge in [0.05, 0.1) is 31.3 Å². The molecule has 118 valence electrons. The summed E-state index contributed by atoms with van der Waals surface area (Å²) in [4.78, 5) is 13.6. The maximum atomic E-state index is 11.4. The molecule has 0 saturated carbocycles. The third-order valence-corrected chi connectivity index (χ3v) is 3.81. The Morgan fingerprint density at radius 3 is 3.09 bits per heavy atom. The number of carbonyl (C=O) groups is 1. The van der Waals surface area contributed by atoms with Crippen molar-refractivity contribution in [1.82, 2.24) is 4.90 Å². The number of methoxy groups -OCH3 is 1. The molecule has 0 aromatic heterocycles. The predicted molar refractivity (Wildman–Crippen MR) is 82.0 cm³/mol. The van der Waals surface area contributed by atoms with Crippen LogP contribution < -0.4 is 0 Å². The standard InChI is InChI=1S/C17H22N2O3/c1-21-17(20)7-8-19(13-16-6-3-9-22-16)12-15-5-2-4-14(10-15)11-18/h2,4-5,10,16H,3,6-9,12-13H2,1H3. The molecule has 0 radical (unpaired) electrons. The minimum absolute atomic E-state index is 0.205. The van der Waals surface area contributed by atoms with Crippen molar-refractivity contribution in [2.75, 3.05) is 26.8 Å². The second-order valence-corrected chi connectivity index (χ2v) is 5.51. The van der Waals surface area contributed by atoms with Crippen LogP contribution in [-0.2, 0) is 20.8 Å². The topological polar surface area (TPSA) is 62.6 Å². The molecule has 0 spiro atoms. The number of rotatable bonds is 7. The Bertz CT molecular complexity index is 533. The number of benzene rings is 1. The summed E-state index contributed by atoms with van der Waals surface area (Å²) in [5.74, 6) is -0.205. The minimum atomic E-state index is -0.205. The lowest BCUT2D eigenvalue weighted by molar-refractivity contribution is -0.141. The summed E-state index contributed by atoms with van der Waals surface area (Å²) in [6, 6.07) is 9.73. The Hall–Kier alpha value is -1.90. The SMILES string of the molecule is COC(=O)CCN(Cc1cccc(C#N)c1)CC1CCCO1. The largest absolute Gasteiger partial charge is 0.469 e. The Kier molecular flexibility index (Phi) is 6.38. The molecular formula is C17H22N2O3. The summed E-state index contributed by atoms with van der Waals surface area (Å²) < 4.78 is 10.4. The highest BCUT2D eigenvalue weighted by Crippen LogP contribution is 2.16. The summed E-state index contributed by atoms with van der Waals surface area (Å²) >= 11 is 0. The molecule has 1 aromatic carbocycles. The fraction of sp³-hybridized carbons (Fsp3) is 0.529. The van der Waals surface area contributed by atoms with Gasteiger partial charge in [0.15, 0.2) is 0 Å². The molecule has 0 aliphatic carbocycles. The number of ether oxygens (including phenoxy) is 2. The van der Waals surface area contributed by atoms with Gasteiger partial charge in [-0.05, 0) is 30.5 Å². The average molecular weight is 302 g/mol. The first kappa shape index (κ1) is 16.5. The third kappa shape index (κ3) is 5.14. The summed E-state index contributed by atoms with van der Waals surface area (Å²) in [5.41, 5.74) is 1.73. The molecule has 1 aliphatic rings. The first-order chi connectivity index (χ1) is 10.7. The number of esters is 1. The van der Waals surface area contributed by atoms with Gasteiger partial charge in [0.1, 0.15) is 0 Å². The smallest absolute Gasteiger partial charge is 0.306 e. The quantitative estimate of drug-likeness (QED) is 0.722. The van der Waals surface area contributed by atoms with E-state index in [0.717, 1.165) is 31.6 Å². The molecule has 2 rings (SSSR count). The highest BCUT2D eigenvalue weighted by atomic mass is 16.5. The zero-order valence-corrected chi connectivity index (χ0v) is 13.0. The van der Waals surface area contributed by atoms with Gasteiger partial charge in [0.25, 0.3) is 0 Å². The highest BCUT2D eigenvalue weighted by molar-refractivity contribution is 5.69. The lowest BCUT2D eigenvalue weighted by Crippen LogP contribution is -2.33. The van der Waals surface area contributed by atoms with Crippen LogP contribution in [0.25, 0.3) is 0 Å². The molecule has 1 saturated heterocycles. The van der Waals surface area contributed by atoms with E-state index in [2.05, 4.69) is 11.0 Å². The molecule has 0 amide bonds. The maximum Gasteiger partial charge on any atom is 0.306 e. The summed E-state index contributed by atoms with van der Waals surface area (Å²) in [5, 5.41) is 8.99. The van der Waals surface area contributed by atoms with E-state index in [9.17, 15) is 4.79 Å². The lowest BCUT2D eigenvalue weighted by Gasteiger charge is -2.25. The average Bonchev–Trinajstić information content (AvgIpc) is 3.05. The van der Waals surface area contributed by atoms with Gasteiger partial charge in [-0.1, -0.05) is 12.1 Å². The maximum absolute atomic E-state index is 11.4. The number of nitrogens with zero attached hydrogens (tertiary/aromatic N) is 2. The lowest BCUT2D eigenvalue weighted by atomic mass is 10.1. The number of nitriles is 1. The van der Waals surface area contributed by atoms with Crippen LogP contribution in [0.15, 0.2) is 24.3 Å². The van der Waals surface area contributed by atoms with E-state index >= 15 is 0 Å². The second-order valence-electron chi connectivity index (χ2n) is 5.51. The molecule has 0 N–H and O–H groups in total. The monoisotopic (exact) mass is 302 g/mol. The van der Waals surface area contributed by atoms with E-state index in [1.54, 1.807) is 6.07 Å². The Balaban J connectivity index is 1.98. The van der Waals surface area contributed by atoms with E-state index < -0.39 is 0 Å². The zero-order chi connectivity index (χ0) is 15.8. The molecule has 5 nitrogen and oxygen atoms in total. The number of hydrogen-bond acceptors (Lipinski definition) is 5. The van der Waals surface area contributed by atoms with Crippen LogP contribution in [0.3, 0.4) is 0 Å². The van der Waals surface area contributed by atoms with Gasteiger partial charge in [-0.15, -0.1) is 0 Å². The van der Waals surface area contributed by atoms with Crippen LogP contribution in [0.4, 0.5) is 0 Å². The summed E-state index contributed by atoms with van der Waals surface area (Å²) in [6.45, 7) is 2.95. The molecule has 1 heterocycles. The molecule has 1 aromatic rings. The van der Waals surface area contributed by atoms with E-state index in [4.69, 9.17) is 14.7 Å². The molecular weight excluding hydrogens is 280 g/mol. The predicted octanol–water partition coefficient (Wildman–Crippen LogP) is 2.10. The Morgan fingerprint density at radius 2 is 2.41 bits per heavy atom. The van der Waals surface area contributed by atoms with Crippen LogP contribution in [-0.4, -0.2) is 43.8 Å². The van der Waals surface area contributed by atoms with E-state index in [0.29, 0.717) is 25.1 Å². The van der Waals surface area contributed by atoms with Crippen LogP contribution in [0, 0.1) is 11.3 Å². The van der Waals surface area contributed by atoms with Crippen LogP contribution >= 0.6 is 0 Å². The number of hydrogen-bond donors (Lipinski definition) is 0. The van der Waals surface area contributed by atoms with Gasteiger partial charge < -0.3 is 9.47 Å². The van der Waals surface area contributed by atoms with Crippen molar-refractivity contribution in [2.45, 2.75) is 31.9 Å². The molecule has 1 atom stereocenters. The normalized spacial score (nSPS) is 17.4. The van der Waals surface area contributed by atoms with Gasteiger partial charge in [-0.25, -0.2) is 0 Å². The van der Waals surface area contributed by atoms with Crippen LogP contribution in [0.5, 0.6) is 0 Å². The van der Waals surface area contributed by atoms with Gasteiger partial charge in [0.2, 0.25) is 0 Å². The molecule has 1 fully saturated rings. The van der Waals surface area contributed by atoms with Crippen molar-refractivity contribution >= 4 is 5.97 Å². The van der Waals surface area contributed by atoms with Crippen molar-refractivity contribution in [3.8, 4) is 6.07 Å². The fourth-order valence-electron chi connectivity index (χ4n) is 2.66. The van der Waals surface area contributed by atoms with Gasteiger partial charge >= 0.3 is 5.97 Å². The van der Waals surface area contributed by atoms with Crippen molar-refractivity contribution in [3.05, 3.63) is 35.4 Å². The molecule has 22 heavy (non-hydrogen) atoms. The second kappa shape index (κ2) is 8.52. The molecule has 5 heteroatoms. The molecule has 1 unspecified atom stereocenters. The van der Waals surface area contributed by atoms with Crippen molar-refractivity contribution in [3.63, 3.8) is 0 Å². The number of carbonyl (C=O) groups excluding carboxylic acids is 1. The third-order valence-electron chi connectivity index (χ3n) is 3.81. The zero-order valence-electron chi connectivity index (χ0n) is 13.0. The van der Waals surface area contributed by atoms with E-state index in [1.807, 2.05) is 18.2 Å². The highest BCUT2D eigenvalue weighted by Gasteiger charge is 2.20. The fourth-order valence-corrected chi connectivity index (χ4v) is 2.66. The van der Waals surface area contributed by atoms with Gasteiger partial charge in [0, 0.05) is 26.2 Å². The van der Waals surface area contributed by atoms with Crippen molar-refractivity contribution < 1.29 is 14.3 Å². The van der Waals surface area contributed by atoms with E-state index in [-0.39, 0.29) is 12.1 Å². The molecule has 1 aliphatic heterocycles. The summed E-state index contributed by atoms with van der Waals surface area (Å²) in [6.07, 6.45) is 2.75.